The molecule has 0 amide bonds. The summed E-state index contributed by atoms with van der Waals surface area (Å²) in [5.74, 6) is 6.91. The second-order valence-corrected chi connectivity index (χ2v) is 4.73. The number of benzene rings is 1. The van der Waals surface area contributed by atoms with Crippen LogP contribution in [-0.2, 0) is 11.3 Å². The van der Waals surface area contributed by atoms with Gasteiger partial charge in [-0.25, -0.2) is 0 Å². The minimum Gasteiger partial charge on any atom is -0.497 e. The van der Waals surface area contributed by atoms with Crippen molar-refractivity contribution in [1.29, 1.82) is 0 Å². The van der Waals surface area contributed by atoms with Gasteiger partial charge in [-0.15, -0.1) is 0 Å². The Balaban J connectivity index is 2.79. The Bertz CT molecular complexity index is 477. The molecule has 0 aliphatic rings. The lowest BCUT2D eigenvalue weighted by Crippen LogP contribution is -2.23. The van der Waals surface area contributed by atoms with Crippen LogP contribution in [0.1, 0.15) is 24.5 Å². The molecule has 0 radical (unpaired) electrons. The van der Waals surface area contributed by atoms with Crippen molar-refractivity contribution in [1.82, 2.24) is 4.90 Å². The Kier molecular flexibility index (Phi) is 8.53. The molecular weight excluding hydrogens is 266 g/mol. The zero-order valence-corrected chi connectivity index (χ0v) is 13.2. The molecule has 1 N–H and O–H groups in total. The van der Waals surface area contributed by atoms with E-state index in [1.54, 1.807) is 7.11 Å². The molecule has 4 nitrogen and oxygen atoms in total. The maximum Gasteiger partial charge on any atom is 0.119 e. The second-order valence-electron chi connectivity index (χ2n) is 4.73. The van der Waals surface area contributed by atoms with E-state index in [0.29, 0.717) is 6.42 Å². The average Bonchev–Trinajstić information content (AvgIpc) is 2.49. The van der Waals surface area contributed by atoms with Crippen molar-refractivity contribution in [2.75, 3.05) is 40.5 Å². The standard InChI is InChI=1S/C17H25NO3/c1-4-21-12-10-18(2)14-16-13-17(20-3)9-8-15(16)7-5-6-11-19/h8-9,13,19H,4,6,10-12,14H2,1-3H3. The molecule has 1 aromatic carbocycles. The maximum atomic E-state index is 8.82. The van der Waals surface area contributed by atoms with Crippen molar-refractivity contribution in [3.63, 3.8) is 0 Å². The molecule has 21 heavy (non-hydrogen) atoms. The number of aliphatic hydroxyl groups is 1. The van der Waals surface area contributed by atoms with E-state index in [9.17, 15) is 0 Å². The Morgan fingerprint density at radius 3 is 2.81 bits per heavy atom. The Labute approximate surface area is 127 Å². The van der Waals surface area contributed by atoms with Gasteiger partial charge in [-0.2, -0.15) is 0 Å². The first kappa shape index (κ1) is 17.5. The first-order valence-corrected chi connectivity index (χ1v) is 7.24. The van der Waals surface area contributed by atoms with Crippen LogP contribution < -0.4 is 4.74 Å². The molecule has 0 saturated heterocycles. The van der Waals surface area contributed by atoms with E-state index in [2.05, 4.69) is 23.8 Å². The van der Waals surface area contributed by atoms with Gasteiger partial charge in [-0.05, 0) is 37.7 Å². The summed E-state index contributed by atoms with van der Waals surface area (Å²) in [4.78, 5) is 2.20. The molecule has 0 bridgehead atoms. The van der Waals surface area contributed by atoms with Crippen molar-refractivity contribution in [3.05, 3.63) is 29.3 Å². The molecule has 1 aromatic rings. The van der Waals surface area contributed by atoms with Crippen molar-refractivity contribution < 1.29 is 14.6 Å². The molecule has 0 aliphatic carbocycles. The van der Waals surface area contributed by atoms with Gasteiger partial charge < -0.3 is 14.6 Å². The molecule has 0 unspecified atom stereocenters. The van der Waals surface area contributed by atoms with Crippen LogP contribution in [0, 0.1) is 11.8 Å². The summed E-state index contributed by atoms with van der Waals surface area (Å²) >= 11 is 0. The number of methoxy groups -OCH3 is 1. The summed E-state index contributed by atoms with van der Waals surface area (Å²) in [6, 6.07) is 5.89. The third-order valence-corrected chi connectivity index (χ3v) is 3.03. The Morgan fingerprint density at radius 1 is 1.33 bits per heavy atom. The van der Waals surface area contributed by atoms with Gasteiger partial charge in [-0.3, -0.25) is 4.90 Å². The zero-order chi connectivity index (χ0) is 15.5. The number of hydrogen-bond acceptors (Lipinski definition) is 4. The zero-order valence-electron chi connectivity index (χ0n) is 13.2. The molecular formula is C17H25NO3. The third-order valence-electron chi connectivity index (χ3n) is 3.03. The lowest BCUT2D eigenvalue weighted by Gasteiger charge is -2.18. The summed E-state index contributed by atoms with van der Waals surface area (Å²) in [6.45, 7) is 5.21. The van der Waals surface area contributed by atoms with E-state index < -0.39 is 0 Å². The molecule has 4 heteroatoms. The van der Waals surface area contributed by atoms with Crippen molar-refractivity contribution in [2.45, 2.75) is 19.9 Å². The second kappa shape index (κ2) is 10.2. The minimum atomic E-state index is 0.0900. The van der Waals surface area contributed by atoms with Crippen LogP contribution in [0.4, 0.5) is 0 Å². The van der Waals surface area contributed by atoms with Crippen LogP contribution >= 0.6 is 0 Å². The predicted molar refractivity (Wildman–Crippen MR) is 84.4 cm³/mol. The molecule has 116 valence electrons. The van der Waals surface area contributed by atoms with Crippen LogP contribution in [0.5, 0.6) is 5.75 Å². The highest BCUT2D eigenvalue weighted by Gasteiger charge is 2.06. The van der Waals surface area contributed by atoms with Crippen molar-refractivity contribution in [2.24, 2.45) is 0 Å². The summed E-state index contributed by atoms with van der Waals surface area (Å²) in [7, 11) is 3.72. The largest absolute Gasteiger partial charge is 0.497 e. The molecule has 1 rings (SSSR count). The minimum absolute atomic E-state index is 0.0900. The van der Waals surface area contributed by atoms with Gasteiger partial charge in [0.1, 0.15) is 5.75 Å². The van der Waals surface area contributed by atoms with E-state index in [-0.39, 0.29) is 6.61 Å². The predicted octanol–water partition coefficient (Wildman–Crippen LogP) is 1.90. The van der Waals surface area contributed by atoms with Gasteiger partial charge >= 0.3 is 0 Å². The van der Waals surface area contributed by atoms with E-state index in [1.807, 2.05) is 25.1 Å². The van der Waals surface area contributed by atoms with E-state index >= 15 is 0 Å². The quantitative estimate of drug-likeness (QED) is 0.587. The van der Waals surface area contributed by atoms with E-state index in [1.165, 1.54) is 0 Å². The van der Waals surface area contributed by atoms with Crippen molar-refractivity contribution >= 4 is 0 Å². The molecule has 0 atom stereocenters. The normalized spacial score (nSPS) is 10.3. The van der Waals surface area contributed by atoms with Crippen LogP contribution in [0.25, 0.3) is 0 Å². The summed E-state index contributed by atoms with van der Waals surface area (Å²) < 4.78 is 10.7. The maximum absolute atomic E-state index is 8.82. The van der Waals surface area contributed by atoms with Gasteiger partial charge in [0.05, 0.1) is 20.3 Å². The fourth-order valence-corrected chi connectivity index (χ4v) is 1.90. The summed E-state index contributed by atoms with van der Waals surface area (Å²) in [5.41, 5.74) is 2.10. The number of rotatable bonds is 8. The number of hydrogen-bond donors (Lipinski definition) is 1. The highest BCUT2D eigenvalue weighted by molar-refractivity contribution is 5.45. The topological polar surface area (TPSA) is 41.9 Å². The monoisotopic (exact) mass is 291 g/mol. The molecule has 0 heterocycles. The highest BCUT2D eigenvalue weighted by Crippen LogP contribution is 2.18. The van der Waals surface area contributed by atoms with E-state index in [4.69, 9.17) is 14.6 Å². The SMILES string of the molecule is CCOCCN(C)Cc1cc(OC)ccc1C#CCCO. The number of nitrogens with zero attached hydrogens (tertiary/aromatic N) is 1. The Hall–Kier alpha value is -1.54. The van der Waals surface area contributed by atoms with Gasteiger partial charge in [-0.1, -0.05) is 11.8 Å². The summed E-state index contributed by atoms with van der Waals surface area (Å²) in [5, 5.41) is 8.82. The lowest BCUT2D eigenvalue weighted by atomic mass is 10.1. The number of aliphatic hydroxyl groups excluding tert-OH is 1. The highest BCUT2D eigenvalue weighted by atomic mass is 16.5. The average molecular weight is 291 g/mol. The van der Waals surface area contributed by atoms with Crippen LogP contribution in [0.15, 0.2) is 18.2 Å². The van der Waals surface area contributed by atoms with Gasteiger partial charge in [0.15, 0.2) is 0 Å². The van der Waals surface area contributed by atoms with Crippen LogP contribution in [0.2, 0.25) is 0 Å². The molecule has 0 saturated carbocycles. The first-order valence-electron chi connectivity index (χ1n) is 7.24. The molecule has 0 fully saturated rings. The van der Waals surface area contributed by atoms with Gasteiger partial charge in [0.2, 0.25) is 0 Å². The third kappa shape index (κ3) is 6.63. The van der Waals surface area contributed by atoms with Crippen molar-refractivity contribution in [3.8, 4) is 17.6 Å². The van der Waals surface area contributed by atoms with Gasteiger partial charge in [0, 0.05) is 31.7 Å². The smallest absolute Gasteiger partial charge is 0.119 e. The number of likely N-dealkylation sites (N-methyl/N-ethyl adjacent to an activating group) is 1. The fourth-order valence-electron chi connectivity index (χ4n) is 1.90. The van der Waals surface area contributed by atoms with Crippen LogP contribution in [0.3, 0.4) is 0 Å². The molecule has 0 aromatic heterocycles. The van der Waals surface area contributed by atoms with Gasteiger partial charge in [0.25, 0.3) is 0 Å². The first-order chi connectivity index (χ1) is 10.2. The molecule has 0 spiro atoms. The molecule has 0 aliphatic heterocycles. The number of ether oxygens (including phenoxy) is 2. The summed E-state index contributed by atoms with van der Waals surface area (Å²) in [6.07, 6.45) is 0.492. The Morgan fingerprint density at radius 2 is 2.14 bits per heavy atom. The van der Waals surface area contributed by atoms with E-state index in [0.717, 1.165) is 43.2 Å². The van der Waals surface area contributed by atoms with Crippen LogP contribution in [-0.4, -0.2) is 50.5 Å². The fraction of sp³-hybridized carbons (Fsp3) is 0.529. The lowest BCUT2D eigenvalue weighted by molar-refractivity contribution is 0.120.